The van der Waals surface area contributed by atoms with Gasteiger partial charge in [0, 0.05) is 12.2 Å². The summed E-state index contributed by atoms with van der Waals surface area (Å²) in [6.45, 7) is 0.728. The lowest BCUT2D eigenvalue weighted by Gasteiger charge is -2.08. The molecule has 2 aromatic carbocycles. The summed E-state index contributed by atoms with van der Waals surface area (Å²) in [5.74, 6) is -0.426. The Balaban J connectivity index is 1.68. The van der Waals surface area contributed by atoms with E-state index in [1.165, 1.54) is 17.7 Å². The lowest BCUT2D eigenvalue weighted by atomic mass is 10.1. The molecule has 0 bridgehead atoms. The van der Waals surface area contributed by atoms with E-state index in [1.807, 2.05) is 30.3 Å². The maximum absolute atomic E-state index is 12.9. The van der Waals surface area contributed by atoms with Crippen LogP contribution in [0.5, 0.6) is 0 Å². The number of benzene rings is 2. The highest BCUT2D eigenvalue weighted by Crippen LogP contribution is 2.08. The van der Waals surface area contributed by atoms with E-state index in [1.54, 1.807) is 12.1 Å². The minimum absolute atomic E-state index is 0.106. The minimum atomic E-state index is -0.320. The predicted octanol–water partition coefficient (Wildman–Crippen LogP) is 2.60. The quantitative estimate of drug-likeness (QED) is 0.848. The number of amides is 1. The Hall–Kier alpha value is -2.36. The molecule has 2 aromatic rings. The summed E-state index contributed by atoms with van der Waals surface area (Å²) >= 11 is 0. The average Bonchev–Trinajstić information content (AvgIpc) is 2.46. The third-order valence-electron chi connectivity index (χ3n) is 2.86. The lowest BCUT2D eigenvalue weighted by Crippen LogP contribution is -2.31. The molecule has 0 saturated heterocycles. The van der Waals surface area contributed by atoms with Crippen LogP contribution in [0.15, 0.2) is 54.6 Å². The van der Waals surface area contributed by atoms with Gasteiger partial charge in [0.25, 0.3) is 0 Å². The summed E-state index contributed by atoms with van der Waals surface area (Å²) in [4.78, 5) is 11.6. The molecule has 0 aliphatic rings. The molecule has 20 heavy (non-hydrogen) atoms. The smallest absolute Gasteiger partial charge is 0.239 e. The van der Waals surface area contributed by atoms with Crippen LogP contribution in [0.2, 0.25) is 0 Å². The molecule has 0 atom stereocenters. The van der Waals surface area contributed by atoms with Gasteiger partial charge < -0.3 is 10.6 Å². The third-order valence-corrected chi connectivity index (χ3v) is 2.86. The van der Waals surface area contributed by atoms with E-state index in [0.717, 1.165) is 6.42 Å². The molecule has 4 heteroatoms. The second-order valence-corrected chi connectivity index (χ2v) is 4.45. The van der Waals surface area contributed by atoms with Gasteiger partial charge in [-0.15, -0.1) is 0 Å². The Bertz CT molecular complexity index is 557. The van der Waals surface area contributed by atoms with Gasteiger partial charge in [0.2, 0.25) is 5.91 Å². The fourth-order valence-corrected chi connectivity index (χ4v) is 1.83. The van der Waals surface area contributed by atoms with Crippen LogP contribution in [0.25, 0.3) is 0 Å². The Morgan fingerprint density at radius 3 is 2.60 bits per heavy atom. The molecule has 0 fully saturated rings. The molecule has 0 aromatic heterocycles. The normalized spacial score (nSPS) is 10.1. The number of anilines is 1. The monoisotopic (exact) mass is 272 g/mol. The molecule has 2 rings (SSSR count). The van der Waals surface area contributed by atoms with E-state index in [0.29, 0.717) is 12.2 Å². The van der Waals surface area contributed by atoms with Crippen molar-refractivity contribution in [1.29, 1.82) is 0 Å². The number of hydrogen-bond donors (Lipinski definition) is 2. The molecular formula is C16H17FN2O. The number of hydrogen-bond acceptors (Lipinski definition) is 2. The van der Waals surface area contributed by atoms with Crippen molar-refractivity contribution in [3.05, 3.63) is 66.0 Å². The minimum Gasteiger partial charge on any atom is -0.376 e. The first-order valence-corrected chi connectivity index (χ1v) is 6.54. The Morgan fingerprint density at radius 1 is 1.05 bits per heavy atom. The highest BCUT2D eigenvalue weighted by atomic mass is 19.1. The van der Waals surface area contributed by atoms with Gasteiger partial charge in [0.05, 0.1) is 6.54 Å². The maximum Gasteiger partial charge on any atom is 0.239 e. The number of carbonyl (C=O) groups excluding carboxylic acids is 1. The van der Waals surface area contributed by atoms with Crippen LogP contribution in [0.4, 0.5) is 10.1 Å². The molecule has 104 valence electrons. The molecule has 0 spiro atoms. The Kier molecular flexibility index (Phi) is 5.12. The number of rotatable bonds is 6. The molecule has 1 amide bonds. The van der Waals surface area contributed by atoms with E-state index < -0.39 is 0 Å². The van der Waals surface area contributed by atoms with Gasteiger partial charge in [-0.1, -0.05) is 36.4 Å². The van der Waals surface area contributed by atoms with Crippen LogP contribution in [-0.4, -0.2) is 19.0 Å². The highest BCUT2D eigenvalue weighted by Gasteiger charge is 2.01. The van der Waals surface area contributed by atoms with Crippen molar-refractivity contribution in [2.24, 2.45) is 0 Å². The molecule has 3 nitrogen and oxygen atoms in total. The summed E-state index contributed by atoms with van der Waals surface area (Å²) in [6, 6.07) is 16.0. The fourth-order valence-electron chi connectivity index (χ4n) is 1.83. The second-order valence-electron chi connectivity index (χ2n) is 4.45. The molecule has 0 aliphatic carbocycles. The average molecular weight is 272 g/mol. The number of nitrogens with one attached hydrogen (secondary N) is 2. The largest absolute Gasteiger partial charge is 0.376 e. The van der Waals surface area contributed by atoms with E-state index >= 15 is 0 Å². The third kappa shape index (κ3) is 4.72. The van der Waals surface area contributed by atoms with Crippen molar-refractivity contribution in [3.8, 4) is 0 Å². The number of halogens is 1. The van der Waals surface area contributed by atoms with Crippen molar-refractivity contribution in [2.45, 2.75) is 6.42 Å². The SMILES string of the molecule is O=C(CNc1cccc(F)c1)NCCc1ccccc1. The molecule has 0 unspecified atom stereocenters. The predicted molar refractivity (Wildman–Crippen MR) is 78.0 cm³/mol. The second kappa shape index (κ2) is 7.28. The standard InChI is InChI=1S/C16H17FN2O/c17-14-7-4-8-15(11-14)19-12-16(20)18-10-9-13-5-2-1-3-6-13/h1-8,11,19H,9-10,12H2,(H,18,20). The van der Waals surface area contributed by atoms with Crippen LogP contribution < -0.4 is 10.6 Å². The van der Waals surface area contributed by atoms with Crippen LogP contribution in [0.1, 0.15) is 5.56 Å². The van der Waals surface area contributed by atoms with E-state index in [2.05, 4.69) is 10.6 Å². The zero-order valence-corrected chi connectivity index (χ0v) is 11.1. The summed E-state index contributed by atoms with van der Waals surface area (Å²) in [5, 5.41) is 5.70. The Labute approximate surface area is 117 Å². The topological polar surface area (TPSA) is 41.1 Å². The van der Waals surface area contributed by atoms with Gasteiger partial charge in [-0.05, 0) is 30.2 Å². The zero-order valence-electron chi connectivity index (χ0n) is 11.1. The summed E-state index contributed by atoms with van der Waals surface area (Å²) < 4.78 is 12.9. The number of carbonyl (C=O) groups is 1. The Morgan fingerprint density at radius 2 is 1.85 bits per heavy atom. The zero-order chi connectivity index (χ0) is 14.2. The van der Waals surface area contributed by atoms with Crippen LogP contribution in [-0.2, 0) is 11.2 Å². The lowest BCUT2D eigenvalue weighted by molar-refractivity contribution is -0.119. The molecule has 0 heterocycles. The summed E-state index contributed by atoms with van der Waals surface area (Å²) in [6.07, 6.45) is 0.798. The van der Waals surface area contributed by atoms with Gasteiger partial charge in [0.1, 0.15) is 5.82 Å². The maximum atomic E-state index is 12.9. The van der Waals surface area contributed by atoms with Gasteiger partial charge in [-0.25, -0.2) is 4.39 Å². The molecular weight excluding hydrogens is 255 g/mol. The summed E-state index contributed by atoms with van der Waals surface area (Å²) in [7, 11) is 0. The van der Waals surface area contributed by atoms with Crippen molar-refractivity contribution < 1.29 is 9.18 Å². The first-order chi connectivity index (χ1) is 9.74. The molecule has 2 N–H and O–H groups in total. The molecule has 0 aliphatic heterocycles. The molecule has 0 saturated carbocycles. The van der Waals surface area contributed by atoms with E-state index in [4.69, 9.17) is 0 Å². The van der Waals surface area contributed by atoms with Gasteiger partial charge in [-0.2, -0.15) is 0 Å². The van der Waals surface area contributed by atoms with Gasteiger partial charge in [0.15, 0.2) is 0 Å². The van der Waals surface area contributed by atoms with Crippen LogP contribution in [0, 0.1) is 5.82 Å². The van der Waals surface area contributed by atoms with Crippen molar-refractivity contribution >= 4 is 11.6 Å². The van der Waals surface area contributed by atoms with Gasteiger partial charge in [-0.3, -0.25) is 4.79 Å². The first-order valence-electron chi connectivity index (χ1n) is 6.54. The molecule has 0 radical (unpaired) electrons. The van der Waals surface area contributed by atoms with Gasteiger partial charge >= 0.3 is 0 Å². The van der Waals surface area contributed by atoms with Crippen LogP contribution >= 0.6 is 0 Å². The van der Waals surface area contributed by atoms with Crippen molar-refractivity contribution in [1.82, 2.24) is 5.32 Å². The highest BCUT2D eigenvalue weighted by molar-refractivity contribution is 5.80. The van der Waals surface area contributed by atoms with Crippen molar-refractivity contribution in [2.75, 3.05) is 18.4 Å². The fraction of sp³-hybridized carbons (Fsp3) is 0.188. The summed E-state index contributed by atoms with van der Waals surface area (Å²) in [5.41, 5.74) is 1.79. The van der Waals surface area contributed by atoms with E-state index in [9.17, 15) is 9.18 Å². The van der Waals surface area contributed by atoms with E-state index in [-0.39, 0.29) is 18.3 Å². The van der Waals surface area contributed by atoms with Crippen molar-refractivity contribution in [3.63, 3.8) is 0 Å². The first kappa shape index (κ1) is 14.1. The van der Waals surface area contributed by atoms with Crippen LogP contribution in [0.3, 0.4) is 0 Å².